The minimum atomic E-state index is -0.152. The van der Waals surface area contributed by atoms with E-state index in [-0.39, 0.29) is 17.7 Å². The van der Waals surface area contributed by atoms with E-state index in [1.165, 1.54) is 23.1 Å². The molecule has 0 fully saturated rings. The highest BCUT2D eigenvalue weighted by Crippen LogP contribution is 2.30. The minimum Gasteiger partial charge on any atom is -0.469 e. The van der Waals surface area contributed by atoms with E-state index < -0.39 is 0 Å². The van der Waals surface area contributed by atoms with Gasteiger partial charge >= 0.3 is 0 Å². The van der Waals surface area contributed by atoms with Gasteiger partial charge in [0, 0.05) is 22.0 Å². The fourth-order valence-electron chi connectivity index (χ4n) is 3.01. The van der Waals surface area contributed by atoms with Crippen molar-refractivity contribution in [1.82, 2.24) is 19.7 Å². The van der Waals surface area contributed by atoms with Crippen LogP contribution in [0.1, 0.15) is 25.6 Å². The number of nitrogens with one attached hydrogen (secondary N) is 1. The van der Waals surface area contributed by atoms with Crippen molar-refractivity contribution in [2.45, 2.75) is 32.0 Å². The lowest BCUT2D eigenvalue weighted by molar-refractivity contribution is -0.113. The fraction of sp³-hybridized carbons (Fsp3) is 0.238. The van der Waals surface area contributed by atoms with Crippen LogP contribution in [0, 0.1) is 6.92 Å². The van der Waals surface area contributed by atoms with Gasteiger partial charge in [0.1, 0.15) is 5.76 Å². The SMILES string of the molecule is Cc1occc1-c1nnc(SCC(=O)Nc2nc(-c3ccc(Cl)cc3)cs2)n1C(C)C. The average molecular weight is 474 g/mol. The van der Waals surface area contributed by atoms with Crippen molar-refractivity contribution in [2.24, 2.45) is 0 Å². The Morgan fingerprint density at radius 2 is 2.03 bits per heavy atom. The molecule has 0 spiro atoms. The molecule has 0 aliphatic rings. The van der Waals surface area contributed by atoms with Crippen LogP contribution in [0.3, 0.4) is 0 Å². The molecule has 4 aromatic rings. The summed E-state index contributed by atoms with van der Waals surface area (Å²) in [5, 5.41) is 15.3. The van der Waals surface area contributed by atoms with Crippen molar-refractivity contribution in [2.75, 3.05) is 11.1 Å². The van der Waals surface area contributed by atoms with Gasteiger partial charge in [-0.1, -0.05) is 35.5 Å². The maximum Gasteiger partial charge on any atom is 0.236 e. The summed E-state index contributed by atoms with van der Waals surface area (Å²) < 4.78 is 7.41. The fourth-order valence-corrected chi connectivity index (χ4v) is 4.74. The number of aryl methyl sites for hydroxylation is 1. The molecule has 0 atom stereocenters. The first-order chi connectivity index (χ1) is 14.9. The van der Waals surface area contributed by atoms with Crippen LogP contribution >= 0.6 is 34.7 Å². The molecule has 3 aromatic heterocycles. The number of carbonyl (C=O) groups excluding carboxylic acids is 1. The molecule has 31 heavy (non-hydrogen) atoms. The van der Waals surface area contributed by atoms with Crippen molar-refractivity contribution in [3.05, 3.63) is 52.8 Å². The Hall–Kier alpha value is -2.62. The van der Waals surface area contributed by atoms with E-state index >= 15 is 0 Å². The summed E-state index contributed by atoms with van der Waals surface area (Å²) in [6.07, 6.45) is 1.64. The zero-order chi connectivity index (χ0) is 22.0. The molecule has 1 amide bonds. The highest BCUT2D eigenvalue weighted by molar-refractivity contribution is 7.99. The van der Waals surface area contributed by atoms with Gasteiger partial charge in [-0.3, -0.25) is 9.36 Å². The summed E-state index contributed by atoms with van der Waals surface area (Å²) >= 11 is 8.66. The van der Waals surface area contributed by atoms with E-state index in [2.05, 4.69) is 34.3 Å². The highest BCUT2D eigenvalue weighted by atomic mass is 35.5. The average Bonchev–Trinajstić information content (AvgIpc) is 3.46. The number of rotatable bonds is 7. The third-order valence-electron chi connectivity index (χ3n) is 4.50. The molecule has 0 bridgehead atoms. The molecule has 10 heteroatoms. The molecule has 3 heterocycles. The van der Waals surface area contributed by atoms with E-state index in [9.17, 15) is 4.79 Å². The number of thioether (sulfide) groups is 1. The van der Waals surface area contributed by atoms with Gasteiger partial charge in [0.15, 0.2) is 16.1 Å². The van der Waals surface area contributed by atoms with Gasteiger partial charge in [-0.05, 0) is 39.0 Å². The van der Waals surface area contributed by atoms with Crippen molar-refractivity contribution < 1.29 is 9.21 Å². The Morgan fingerprint density at radius 3 is 2.71 bits per heavy atom. The van der Waals surface area contributed by atoms with E-state index in [1.807, 2.05) is 47.2 Å². The number of nitrogens with zero attached hydrogens (tertiary/aromatic N) is 4. The van der Waals surface area contributed by atoms with Crippen LogP contribution in [0.15, 0.2) is 51.5 Å². The molecule has 0 saturated carbocycles. The molecule has 1 aromatic carbocycles. The van der Waals surface area contributed by atoms with Gasteiger partial charge in [0.2, 0.25) is 5.91 Å². The Kier molecular flexibility index (Phi) is 6.45. The number of thiazole rings is 1. The zero-order valence-electron chi connectivity index (χ0n) is 17.1. The standard InChI is InChI=1S/C21H20ClN5O2S2/c1-12(2)27-19(16-8-9-29-13(16)3)25-26-21(27)31-11-18(28)24-20-23-17(10-30-20)14-4-6-15(22)7-5-14/h4-10,12H,11H2,1-3H3,(H,23,24,28). The van der Waals surface area contributed by atoms with Gasteiger partial charge in [-0.15, -0.1) is 21.5 Å². The second kappa shape index (κ2) is 9.25. The predicted octanol–water partition coefficient (Wildman–Crippen LogP) is 5.94. The number of halogens is 1. The molecule has 1 N–H and O–H groups in total. The molecule has 0 saturated heterocycles. The third kappa shape index (κ3) is 4.84. The molecule has 0 aliphatic carbocycles. The van der Waals surface area contributed by atoms with E-state index in [0.29, 0.717) is 15.3 Å². The normalized spacial score (nSPS) is 11.3. The van der Waals surface area contributed by atoms with Crippen LogP contribution in [0.25, 0.3) is 22.6 Å². The quantitative estimate of drug-likeness (QED) is 0.334. The smallest absolute Gasteiger partial charge is 0.236 e. The van der Waals surface area contributed by atoms with Crippen molar-refractivity contribution in [1.29, 1.82) is 0 Å². The van der Waals surface area contributed by atoms with Crippen LogP contribution in [0.4, 0.5) is 5.13 Å². The van der Waals surface area contributed by atoms with Crippen LogP contribution in [-0.2, 0) is 4.79 Å². The summed E-state index contributed by atoms with van der Waals surface area (Å²) in [7, 11) is 0. The van der Waals surface area contributed by atoms with Gasteiger partial charge in [-0.25, -0.2) is 4.98 Å². The number of aromatic nitrogens is 4. The monoisotopic (exact) mass is 473 g/mol. The van der Waals surface area contributed by atoms with Crippen LogP contribution in [0.2, 0.25) is 5.02 Å². The number of hydrogen-bond donors (Lipinski definition) is 1. The van der Waals surface area contributed by atoms with Gasteiger partial charge in [0.25, 0.3) is 0 Å². The topological polar surface area (TPSA) is 85.8 Å². The van der Waals surface area contributed by atoms with Gasteiger partial charge in [-0.2, -0.15) is 0 Å². The van der Waals surface area contributed by atoms with E-state index in [1.54, 1.807) is 6.26 Å². The highest BCUT2D eigenvalue weighted by Gasteiger charge is 2.20. The number of anilines is 1. The first kappa shape index (κ1) is 21.6. The summed E-state index contributed by atoms with van der Waals surface area (Å²) in [5.41, 5.74) is 2.64. The Bertz CT molecular complexity index is 1200. The summed E-state index contributed by atoms with van der Waals surface area (Å²) in [6.45, 7) is 6.00. The Morgan fingerprint density at radius 1 is 1.26 bits per heavy atom. The molecule has 0 radical (unpaired) electrons. The lowest BCUT2D eigenvalue weighted by Crippen LogP contribution is -2.15. The number of furan rings is 1. The number of carbonyl (C=O) groups is 1. The lowest BCUT2D eigenvalue weighted by Gasteiger charge is -2.13. The number of hydrogen-bond acceptors (Lipinski definition) is 7. The summed E-state index contributed by atoms with van der Waals surface area (Å²) in [6, 6.07) is 9.43. The molecular formula is C21H20ClN5O2S2. The van der Waals surface area contributed by atoms with E-state index in [0.717, 1.165) is 28.4 Å². The second-order valence-corrected chi connectivity index (χ2v) is 9.28. The van der Waals surface area contributed by atoms with E-state index in [4.69, 9.17) is 16.0 Å². The Balaban J connectivity index is 1.42. The molecule has 0 unspecified atom stereocenters. The largest absolute Gasteiger partial charge is 0.469 e. The van der Waals surface area contributed by atoms with Crippen molar-refractivity contribution in [3.63, 3.8) is 0 Å². The first-order valence-corrected chi connectivity index (χ1v) is 11.8. The molecular weight excluding hydrogens is 454 g/mol. The molecule has 160 valence electrons. The zero-order valence-corrected chi connectivity index (χ0v) is 19.5. The third-order valence-corrected chi connectivity index (χ3v) is 6.46. The van der Waals surface area contributed by atoms with Crippen molar-refractivity contribution >= 4 is 45.7 Å². The van der Waals surface area contributed by atoms with Crippen LogP contribution in [0.5, 0.6) is 0 Å². The minimum absolute atomic E-state index is 0.130. The number of benzene rings is 1. The summed E-state index contributed by atoms with van der Waals surface area (Å²) in [4.78, 5) is 17.0. The summed E-state index contributed by atoms with van der Waals surface area (Å²) in [5.74, 6) is 1.56. The lowest BCUT2D eigenvalue weighted by atomic mass is 10.2. The second-order valence-electron chi connectivity index (χ2n) is 7.04. The maximum absolute atomic E-state index is 12.5. The van der Waals surface area contributed by atoms with Gasteiger partial charge in [0.05, 0.1) is 23.3 Å². The molecule has 7 nitrogen and oxygen atoms in total. The molecule has 4 rings (SSSR count). The molecule has 0 aliphatic heterocycles. The number of amides is 1. The maximum atomic E-state index is 12.5. The Labute approximate surface area is 192 Å². The van der Waals surface area contributed by atoms with Crippen LogP contribution in [-0.4, -0.2) is 31.4 Å². The van der Waals surface area contributed by atoms with Gasteiger partial charge < -0.3 is 9.73 Å². The predicted molar refractivity (Wildman–Crippen MR) is 125 cm³/mol. The first-order valence-electron chi connectivity index (χ1n) is 9.56. The van der Waals surface area contributed by atoms with Crippen molar-refractivity contribution in [3.8, 4) is 22.6 Å². The van der Waals surface area contributed by atoms with Crippen LogP contribution < -0.4 is 5.32 Å².